The SMILES string of the molecule is CC(C)[C@@H](N=C1NS(=O)(=O)c2ccccc21)C(=O)N(C)Cc1ccco1. The fraction of sp³-hybridized carbons (Fsp3) is 0.333. The number of hydrogen-bond acceptors (Lipinski definition) is 5. The molecule has 1 aliphatic rings. The van der Waals surface area contributed by atoms with Crippen LogP contribution in [-0.2, 0) is 21.4 Å². The topological polar surface area (TPSA) is 92.0 Å². The molecule has 2 heterocycles. The molecule has 3 rings (SSSR count). The van der Waals surface area contributed by atoms with Crippen LogP contribution in [0.5, 0.6) is 0 Å². The number of aliphatic imine (C=N–C) groups is 1. The summed E-state index contributed by atoms with van der Waals surface area (Å²) >= 11 is 0. The molecule has 0 radical (unpaired) electrons. The first-order chi connectivity index (χ1) is 12.3. The van der Waals surface area contributed by atoms with Crippen molar-refractivity contribution in [3.63, 3.8) is 0 Å². The van der Waals surface area contributed by atoms with Crippen LogP contribution in [0.3, 0.4) is 0 Å². The number of likely N-dealkylation sites (N-methyl/N-ethyl adjacent to an activating group) is 1. The number of rotatable bonds is 5. The number of nitrogens with one attached hydrogen (secondary N) is 1. The maximum atomic E-state index is 12.9. The first kappa shape index (κ1) is 18.2. The summed E-state index contributed by atoms with van der Waals surface area (Å²) < 4.78 is 32.2. The highest BCUT2D eigenvalue weighted by Crippen LogP contribution is 2.24. The van der Waals surface area contributed by atoms with E-state index in [0.717, 1.165) is 0 Å². The minimum atomic E-state index is -3.63. The Kier molecular flexibility index (Phi) is 4.86. The fourth-order valence-electron chi connectivity index (χ4n) is 2.80. The summed E-state index contributed by atoms with van der Waals surface area (Å²) in [6.07, 6.45) is 1.55. The van der Waals surface area contributed by atoms with Crippen LogP contribution in [0.1, 0.15) is 25.2 Å². The quantitative estimate of drug-likeness (QED) is 0.865. The lowest BCUT2D eigenvalue weighted by atomic mass is 10.0. The Labute approximate surface area is 152 Å². The Balaban J connectivity index is 1.89. The summed E-state index contributed by atoms with van der Waals surface area (Å²) in [5.41, 5.74) is 0.486. The summed E-state index contributed by atoms with van der Waals surface area (Å²) in [5.74, 6) is 0.570. The summed E-state index contributed by atoms with van der Waals surface area (Å²) in [6.45, 7) is 4.08. The van der Waals surface area contributed by atoms with Crippen molar-refractivity contribution < 1.29 is 17.6 Å². The first-order valence-electron chi connectivity index (χ1n) is 8.27. The van der Waals surface area contributed by atoms with Crippen molar-refractivity contribution in [1.29, 1.82) is 0 Å². The van der Waals surface area contributed by atoms with Gasteiger partial charge in [0.05, 0.1) is 17.7 Å². The zero-order chi connectivity index (χ0) is 18.9. The number of nitrogens with zero attached hydrogens (tertiary/aromatic N) is 2. The smallest absolute Gasteiger partial charge is 0.263 e. The molecule has 1 amide bonds. The molecule has 1 aromatic carbocycles. The largest absolute Gasteiger partial charge is 0.467 e. The zero-order valence-electron chi connectivity index (χ0n) is 14.8. The van der Waals surface area contributed by atoms with Crippen LogP contribution in [0.4, 0.5) is 0 Å². The van der Waals surface area contributed by atoms with E-state index in [4.69, 9.17) is 4.42 Å². The standard InChI is InChI=1S/C18H21N3O4S/c1-12(2)16(18(22)21(3)11-13-7-6-10-25-13)19-17-14-8-4-5-9-15(14)26(23,24)20-17/h4-10,12,16H,11H2,1-3H3,(H,19,20)/t16-/m1/s1. The summed E-state index contributed by atoms with van der Waals surface area (Å²) in [7, 11) is -1.96. The Bertz CT molecular complexity index is 933. The Hall–Kier alpha value is -2.61. The van der Waals surface area contributed by atoms with Crippen molar-refractivity contribution in [2.75, 3.05) is 7.05 Å². The fourth-order valence-corrected chi connectivity index (χ4v) is 4.04. The van der Waals surface area contributed by atoms with Crippen LogP contribution in [0.15, 0.2) is 57.0 Å². The minimum Gasteiger partial charge on any atom is -0.467 e. The number of carbonyl (C=O) groups excluding carboxylic acids is 1. The van der Waals surface area contributed by atoms with Gasteiger partial charge in [0, 0.05) is 12.6 Å². The first-order valence-corrected chi connectivity index (χ1v) is 9.75. The third kappa shape index (κ3) is 3.50. The number of fused-ring (bicyclic) bond motifs is 1. The average molecular weight is 375 g/mol. The summed E-state index contributed by atoms with van der Waals surface area (Å²) in [6, 6.07) is 9.45. The second-order valence-electron chi connectivity index (χ2n) is 6.54. The highest BCUT2D eigenvalue weighted by Gasteiger charge is 2.33. The second-order valence-corrected chi connectivity index (χ2v) is 8.19. The molecule has 26 heavy (non-hydrogen) atoms. The van der Waals surface area contributed by atoms with Crippen molar-refractivity contribution in [2.24, 2.45) is 10.9 Å². The molecule has 0 fully saturated rings. The number of furan rings is 1. The molecule has 0 unspecified atom stereocenters. The molecule has 0 spiro atoms. The van der Waals surface area contributed by atoms with Crippen LogP contribution >= 0.6 is 0 Å². The van der Waals surface area contributed by atoms with Gasteiger partial charge < -0.3 is 9.32 Å². The summed E-state index contributed by atoms with van der Waals surface area (Å²) in [5, 5.41) is 0. The van der Waals surface area contributed by atoms with E-state index in [-0.39, 0.29) is 22.6 Å². The monoisotopic (exact) mass is 375 g/mol. The maximum Gasteiger partial charge on any atom is 0.263 e. The molecule has 1 N–H and O–H groups in total. The van der Waals surface area contributed by atoms with Crippen LogP contribution in [-0.4, -0.2) is 38.2 Å². The lowest BCUT2D eigenvalue weighted by Gasteiger charge is -2.23. The number of hydrogen-bond donors (Lipinski definition) is 1. The van der Waals surface area contributed by atoms with Gasteiger partial charge in [-0.2, -0.15) is 0 Å². The van der Waals surface area contributed by atoms with Gasteiger partial charge in [-0.3, -0.25) is 14.5 Å². The van der Waals surface area contributed by atoms with Gasteiger partial charge in [-0.15, -0.1) is 0 Å². The van der Waals surface area contributed by atoms with Gasteiger partial charge >= 0.3 is 0 Å². The van der Waals surface area contributed by atoms with E-state index < -0.39 is 16.1 Å². The number of sulfonamides is 1. The molecule has 0 bridgehead atoms. The predicted molar refractivity (Wildman–Crippen MR) is 97.1 cm³/mol. The second kappa shape index (κ2) is 6.95. The summed E-state index contributed by atoms with van der Waals surface area (Å²) in [4.78, 5) is 19.0. The van der Waals surface area contributed by atoms with Gasteiger partial charge in [-0.1, -0.05) is 26.0 Å². The van der Waals surface area contributed by atoms with Crippen LogP contribution < -0.4 is 4.72 Å². The van der Waals surface area contributed by atoms with Gasteiger partial charge in [-0.25, -0.2) is 8.42 Å². The van der Waals surface area contributed by atoms with Gasteiger partial charge in [0.1, 0.15) is 17.6 Å². The van der Waals surface area contributed by atoms with E-state index in [0.29, 0.717) is 17.9 Å². The van der Waals surface area contributed by atoms with E-state index in [1.54, 1.807) is 43.6 Å². The average Bonchev–Trinajstić information content (AvgIpc) is 3.18. The normalized spacial score (nSPS) is 17.8. The molecule has 8 heteroatoms. The Morgan fingerprint density at radius 2 is 1.96 bits per heavy atom. The number of carbonyl (C=O) groups is 1. The van der Waals surface area contributed by atoms with E-state index in [2.05, 4.69) is 9.71 Å². The third-order valence-electron chi connectivity index (χ3n) is 4.16. The van der Waals surface area contributed by atoms with Gasteiger partial charge in [0.25, 0.3) is 10.0 Å². The number of benzene rings is 1. The molecule has 1 atom stereocenters. The van der Waals surface area contributed by atoms with E-state index in [9.17, 15) is 13.2 Å². The van der Waals surface area contributed by atoms with Crippen LogP contribution in [0.25, 0.3) is 0 Å². The van der Waals surface area contributed by atoms with Crippen molar-refractivity contribution >= 4 is 21.8 Å². The highest BCUT2D eigenvalue weighted by molar-refractivity contribution is 7.90. The Morgan fingerprint density at radius 1 is 1.23 bits per heavy atom. The number of amides is 1. The highest BCUT2D eigenvalue weighted by atomic mass is 32.2. The molecule has 1 aliphatic heterocycles. The van der Waals surface area contributed by atoms with Gasteiger partial charge in [-0.05, 0) is 30.2 Å². The van der Waals surface area contributed by atoms with Crippen LogP contribution in [0.2, 0.25) is 0 Å². The third-order valence-corrected chi connectivity index (χ3v) is 5.56. The number of amidine groups is 1. The molecular formula is C18H21N3O4S. The van der Waals surface area contributed by atoms with Crippen molar-refractivity contribution in [3.05, 3.63) is 54.0 Å². The zero-order valence-corrected chi connectivity index (χ0v) is 15.7. The molecule has 7 nitrogen and oxygen atoms in total. The molecule has 0 aliphatic carbocycles. The lowest BCUT2D eigenvalue weighted by molar-refractivity contribution is -0.132. The molecule has 0 saturated heterocycles. The molecular weight excluding hydrogens is 354 g/mol. The van der Waals surface area contributed by atoms with Crippen molar-refractivity contribution in [2.45, 2.75) is 31.3 Å². The van der Waals surface area contributed by atoms with E-state index in [1.807, 2.05) is 13.8 Å². The van der Waals surface area contributed by atoms with Gasteiger partial charge in [0.15, 0.2) is 0 Å². The van der Waals surface area contributed by atoms with Crippen LogP contribution in [0, 0.1) is 5.92 Å². The van der Waals surface area contributed by atoms with E-state index >= 15 is 0 Å². The molecule has 1 aromatic heterocycles. The Morgan fingerprint density at radius 3 is 2.62 bits per heavy atom. The molecule has 138 valence electrons. The molecule has 2 aromatic rings. The maximum absolute atomic E-state index is 12.9. The minimum absolute atomic E-state index is 0.105. The van der Waals surface area contributed by atoms with Gasteiger partial charge in [0.2, 0.25) is 5.91 Å². The molecule has 0 saturated carbocycles. The van der Waals surface area contributed by atoms with Crippen molar-refractivity contribution in [3.8, 4) is 0 Å². The van der Waals surface area contributed by atoms with E-state index in [1.165, 1.54) is 11.0 Å². The lowest BCUT2D eigenvalue weighted by Crippen LogP contribution is -2.39. The predicted octanol–water partition coefficient (Wildman–Crippen LogP) is 2.00. The van der Waals surface area contributed by atoms with Crippen molar-refractivity contribution in [1.82, 2.24) is 9.62 Å².